The molecule has 0 amide bonds. The molecule has 0 atom stereocenters. The van der Waals surface area contributed by atoms with Gasteiger partial charge < -0.3 is 9.52 Å². The first-order valence-corrected chi connectivity index (χ1v) is 22.1. The quantitative estimate of drug-likeness (QED) is 0.173. The zero-order chi connectivity index (χ0) is 37.3. The minimum absolute atomic E-state index is 0.161. The largest absolute Gasteiger partial charge is 0.507 e. The Labute approximate surface area is 319 Å². The van der Waals surface area contributed by atoms with Crippen molar-refractivity contribution in [3.05, 3.63) is 164 Å². The number of benzene rings is 7. The molecule has 55 heavy (non-hydrogen) atoms. The molecule has 0 bridgehead atoms. The maximum atomic E-state index is 11.8. The molecule has 264 valence electrons. The van der Waals surface area contributed by atoms with E-state index < -0.39 is 8.07 Å². The van der Waals surface area contributed by atoms with Gasteiger partial charge in [-0.25, -0.2) is 4.98 Å². The fraction of sp³-hybridized carbons (Fsp3) is 0.0612. The van der Waals surface area contributed by atoms with Crippen molar-refractivity contribution < 1.29 is 9.52 Å². The second-order valence-electron chi connectivity index (χ2n) is 15.2. The van der Waals surface area contributed by atoms with Gasteiger partial charge in [-0.1, -0.05) is 129 Å². The molecule has 0 aliphatic rings. The van der Waals surface area contributed by atoms with Crippen LogP contribution >= 0.6 is 0 Å². The van der Waals surface area contributed by atoms with Gasteiger partial charge in [-0.2, -0.15) is 0 Å². The molecule has 0 spiro atoms. The Balaban J connectivity index is 1.26. The molecule has 0 radical (unpaired) electrons. The van der Waals surface area contributed by atoms with Crippen LogP contribution in [0, 0.1) is 0 Å². The number of hydrogen-bond acceptors (Lipinski definition) is 4. The first kappa shape index (κ1) is 32.9. The van der Waals surface area contributed by atoms with Gasteiger partial charge in [-0.05, 0) is 70.2 Å². The fourth-order valence-corrected chi connectivity index (χ4v) is 8.89. The third kappa shape index (κ3) is 5.53. The third-order valence-corrected chi connectivity index (χ3v) is 12.8. The molecule has 0 fully saturated rings. The summed E-state index contributed by atoms with van der Waals surface area (Å²) in [5, 5.41) is 17.4. The number of fused-ring (bicyclic) bond motifs is 5. The minimum atomic E-state index is -1.53. The van der Waals surface area contributed by atoms with Crippen LogP contribution in [0.1, 0.15) is 0 Å². The number of nitrogens with zero attached hydrogens (tertiary/aromatic N) is 3. The molecular weight excluding hydrogens is 691 g/mol. The number of aromatic nitrogens is 3. The second-order valence-corrected chi connectivity index (χ2v) is 20.3. The summed E-state index contributed by atoms with van der Waals surface area (Å²) in [6.07, 6.45) is 2.05. The van der Waals surface area contributed by atoms with Crippen LogP contribution in [0.2, 0.25) is 19.6 Å². The van der Waals surface area contributed by atoms with Gasteiger partial charge in [-0.3, -0.25) is 9.55 Å². The SMILES string of the molecule is C[Si](C)(C)c1ccc(-c2cc(-c3cccc4c3nc(-c3ccc(-c5ccccc5)cc3O)n4-c3cccc4ccccc34)c3oc4ccccc4c3c2)nc1. The summed E-state index contributed by atoms with van der Waals surface area (Å²) in [5.74, 6) is 0.811. The summed E-state index contributed by atoms with van der Waals surface area (Å²) in [7, 11) is -1.53. The van der Waals surface area contributed by atoms with Crippen molar-refractivity contribution in [2.75, 3.05) is 0 Å². The number of para-hydroxylation sites is 2. The lowest BCUT2D eigenvalue weighted by Crippen LogP contribution is -2.37. The van der Waals surface area contributed by atoms with Crippen LogP contribution in [0.4, 0.5) is 0 Å². The van der Waals surface area contributed by atoms with Gasteiger partial charge in [0.1, 0.15) is 22.7 Å². The monoisotopic (exact) mass is 727 g/mol. The topological polar surface area (TPSA) is 64.1 Å². The van der Waals surface area contributed by atoms with E-state index in [2.05, 4.69) is 139 Å². The Hall–Kier alpha value is -6.76. The number of aromatic hydroxyl groups is 1. The molecular formula is C49H37N3O2Si. The molecule has 1 N–H and O–H groups in total. The summed E-state index contributed by atoms with van der Waals surface area (Å²) in [6.45, 7) is 7.03. The van der Waals surface area contributed by atoms with Crippen molar-refractivity contribution in [2.24, 2.45) is 0 Å². The lowest BCUT2D eigenvalue weighted by atomic mass is 9.96. The molecule has 10 rings (SSSR count). The van der Waals surface area contributed by atoms with Gasteiger partial charge >= 0.3 is 0 Å². The van der Waals surface area contributed by atoms with Crippen LogP contribution < -0.4 is 5.19 Å². The maximum Gasteiger partial charge on any atom is 0.149 e. The molecule has 0 saturated carbocycles. The lowest BCUT2D eigenvalue weighted by Gasteiger charge is -2.16. The number of hydrogen-bond donors (Lipinski definition) is 1. The van der Waals surface area contributed by atoms with E-state index >= 15 is 0 Å². The summed E-state index contributed by atoms with van der Waals surface area (Å²) < 4.78 is 8.88. The molecule has 0 saturated heterocycles. The lowest BCUT2D eigenvalue weighted by molar-refractivity contribution is 0.477. The second kappa shape index (κ2) is 12.7. The summed E-state index contributed by atoms with van der Waals surface area (Å²) in [4.78, 5) is 10.5. The number of imidazole rings is 1. The van der Waals surface area contributed by atoms with Crippen LogP contribution in [0.3, 0.4) is 0 Å². The Morgan fingerprint density at radius 2 is 1.35 bits per heavy atom. The zero-order valence-electron chi connectivity index (χ0n) is 30.8. The Morgan fingerprint density at radius 3 is 2.15 bits per heavy atom. The molecule has 0 unspecified atom stereocenters. The highest BCUT2D eigenvalue weighted by Crippen LogP contribution is 2.44. The molecule has 0 aliphatic carbocycles. The van der Waals surface area contributed by atoms with E-state index in [4.69, 9.17) is 14.4 Å². The van der Waals surface area contributed by atoms with E-state index in [1.165, 1.54) is 5.19 Å². The van der Waals surface area contributed by atoms with Gasteiger partial charge in [0.25, 0.3) is 0 Å². The number of pyridine rings is 1. The zero-order valence-corrected chi connectivity index (χ0v) is 31.8. The first-order chi connectivity index (χ1) is 26.8. The smallest absolute Gasteiger partial charge is 0.149 e. The predicted octanol–water partition coefficient (Wildman–Crippen LogP) is 12.4. The van der Waals surface area contributed by atoms with Crippen molar-refractivity contribution in [1.82, 2.24) is 14.5 Å². The van der Waals surface area contributed by atoms with Crippen molar-refractivity contribution in [3.63, 3.8) is 0 Å². The normalized spacial score (nSPS) is 12.0. The average Bonchev–Trinajstić information content (AvgIpc) is 3.79. The molecule has 6 heteroatoms. The third-order valence-electron chi connectivity index (χ3n) is 10.7. The Bertz CT molecular complexity index is 3080. The van der Waals surface area contributed by atoms with Crippen LogP contribution in [-0.2, 0) is 0 Å². The van der Waals surface area contributed by atoms with E-state index in [0.29, 0.717) is 11.4 Å². The Kier molecular flexibility index (Phi) is 7.58. The van der Waals surface area contributed by atoms with Gasteiger partial charge in [0.2, 0.25) is 0 Å². The molecule has 10 aromatic rings. The highest BCUT2D eigenvalue weighted by Gasteiger charge is 2.24. The van der Waals surface area contributed by atoms with Crippen molar-refractivity contribution in [2.45, 2.75) is 19.6 Å². The van der Waals surface area contributed by atoms with E-state index in [1.807, 2.05) is 48.7 Å². The number of rotatable bonds is 6. The van der Waals surface area contributed by atoms with E-state index in [-0.39, 0.29) is 5.75 Å². The molecule has 7 aromatic carbocycles. The fourth-order valence-electron chi connectivity index (χ4n) is 7.86. The molecule has 5 nitrogen and oxygen atoms in total. The van der Waals surface area contributed by atoms with Crippen molar-refractivity contribution in [3.8, 4) is 56.3 Å². The number of phenolic OH excluding ortho intramolecular Hbond substituents is 1. The van der Waals surface area contributed by atoms with E-state index in [0.717, 1.165) is 82.9 Å². The Morgan fingerprint density at radius 1 is 0.582 bits per heavy atom. The minimum Gasteiger partial charge on any atom is -0.507 e. The van der Waals surface area contributed by atoms with Crippen LogP contribution in [-0.4, -0.2) is 27.7 Å². The molecule has 0 aliphatic heterocycles. The highest BCUT2D eigenvalue weighted by atomic mass is 28.3. The van der Waals surface area contributed by atoms with Crippen molar-refractivity contribution in [1.29, 1.82) is 0 Å². The van der Waals surface area contributed by atoms with E-state index in [1.54, 1.807) is 0 Å². The van der Waals surface area contributed by atoms with Crippen LogP contribution in [0.15, 0.2) is 168 Å². The number of furan rings is 1. The van der Waals surface area contributed by atoms with Crippen molar-refractivity contribution >= 4 is 57.0 Å². The predicted molar refractivity (Wildman–Crippen MR) is 230 cm³/mol. The summed E-state index contributed by atoms with van der Waals surface area (Å²) in [6, 6.07) is 54.0. The van der Waals surface area contributed by atoms with Gasteiger partial charge in [-0.15, -0.1) is 0 Å². The molecule has 3 heterocycles. The summed E-state index contributed by atoms with van der Waals surface area (Å²) in [5.41, 5.74) is 10.7. The van der Waals surface area contributed by atoms with Crippen LogP contribution in [0.5, 0.6) is 5.75 Å². The van der Waals surface area contributed by atoms with Crippen LogP contribution in [0.25, 0.3) is 94.3 Å². The highest BCUT2D eigenvalue weighted by molar-refractivity contribution is 6.88. The standard InChI is InChI=1S/C49H37N3O2Si/c1-55(2,3)35-24-26-42(50-30-35)34-27-40-37-18-9-10-22-46(37)54-48(40)41(28-34)38-19-12-21-44-47(38)51-49(52(44)43-20-11-16-32-15-7-8-17-36(32)43)39-25-23-33(29-45(39)53)31-13-5-4-6-14-31/h4-30,53H,1-3H3. The first-order valence-electron chi connectivity index (χ1n) is 18.6. The van der Waals surface area contributed by atoms with Gasteiger partial charge in [0, 0.05) is 39.0 Å². The number of phenols is 1. The van der Waals surface area contributed by atoms with E-state index in [9.17, 15) is 5.11 Å². The maximum absolute atomic E-state index is 11.8. The molecule has 3 aromatic heterocycles. The average molecular weight is 728 g/mol. The van der Waals surface area contributed by atoms with Gasteiger partial charge in [0.05, 0.1) is 36.1 Å². The van der Waals surface area contributed by atoms with Gasteiger partial charge in [0.15, 0.2) is 0 Å². The summed E-state index contributed by atoms with van der Waals surface area (Å²) >= 11 is 0.